The summed E-state index contributed by atoms with van der Waals surface area (Å²) < 4.78 is 0. The Labute approximate surface area is 140 Å². The second kappa shape index (κ2) is 4.80. The molecule has 8 aliphatic rings. The van der Waals surface area contributed by atoms with Gasteiger partial charge in [0.25, 0.3) is 0 Å². The van der Waals surface area contributed by atoms with Crippen molar-refractivity contribution in [2.75, 3.05) is 0 Å². The van der Waals surface area contributed by atoms with E-state index < -0.39 is 0 Å². The molecule has 23 heavy (non-hydrogen) atoms. The predicted molar refractivity (Wildman–Crippen MR) is 91.7 cm³/mol. The van der Waals surface area contributed by atoms with Crippen molar-refractivity contribution in [1.82, 2.24) is 0 Å². The quantitative estimate of drug-likeness (QED) is 0.506. The van der Waals surface area contributed by atoms with Crippen LogP contribution in [0.25, 0.3) is 0 Å². The van der Waals surface area contributed by atoms with Gasteiger partial charge in [-0.2, -0.15) is 0 Å². The van der Waals surface area contributed by atoms with E-state index in [2.05, 4.69) is 17.2 Å². The molecule has 0 heterocycles. The highest BCUT2D eigenvalue weighted by molar-refractivity contribution is 5.22. The van der Waals surface area contributed by atoms with Gasteiger partial charge < -0.3 is 0 Å². The first-order valence-electron chi connectivity index (χ1n) is 10.3. The van der Waals surface area contributed by atoms with Crippen LogP contribution in [0.15, 0.2) is 28.3 Å². The smallest absolute Gasteiger partial charge is 0.0112 e. The minimum absolute atomic E-state index is 0.865. The van der Waals surface area contributed by atoms with E-state index in [9.17, 15) is 0 Å². The summed E-state index contributed by atoms with van der Waals surface area (Å²) in [7, 11) is 0. The highest BCUT2D eigenvalue weighted by Crippen LogP contribution is 2.57. The Hall–Kier alpha value is -0.920. The fraction of sp³-hybridized carbons (Fsp3) is 0.783. The lowest BCUT2D eigenvalue weighted by atomic mass is 9.54. The molecule has 0 unspecified atom stereocenters. The van der Waals surface area contributed by atoms with E-state index in [1.165, 1.54) is 64.2 Å². The normalized spacial score (nSPS) is 51.7. The van der Waals surface area contributed by atoms with Crippen molar-refractivity contribution < 1.29 is 0 Å². The van der Waals surface area contributed by atoms with E-state index >= 15 is 0 Å². The summed E-state index contributed by atoms with van der Waals surface area (Å²) >= 11 is 0. The zero-order valence-corrected chi connectivity index (χ0v) is 14.2. The van der Waals surface area contributed by atoms with Gasteiger partial charge in [-0.05, 0) is 128 Å². The molecular weight excluding hydrogens is 276 g/mol. The topological polar surface area (TPSA) is 0 Å². The van der Waals surface area contributed by atoms with Crippen LogP contribution < -0.4 is 0 Å². The van der Waals surface area contributed by atoms with Crippen molar-refractivity contribution in [2.45, 2.75) is 64.2 Å². The predicted octanol–water partition coefficient (Wildman–Crippen LogP) is 5.66. The van der Waals surface area contributed by atoms with Crippen molar-refractivity contribution in [3.63, 3.8) is 0 Å². The van der Waals surface area contributed by atoms with Crippen LogP contribution in [0.2, 0.25) is 0 Å². The lowest BCUT2D eigenvalue weighted by Crippen LogP contribution is -2.40. The summed E-state index contributed by atoms with van der Waals surface area (Å²) in [6.07, 6.45) is 14.8. The van der Waals surface area contributed by atoms with E-state index in [1.54, 1.807) is 11.1 Å². The van der Waals surface area contributed by atoms with Gasteiger partial charge in [0.1, 0.15) is 0 Å². The summed E-state index contributed by atoms with van der Waals surface area (Å²) in [5.74, 6) is 7.66. The van der Waals surface area contributed by atoms with Gasteiger partial charge in [-0.3, -0.25) is 0 Å². The van der Waals surface area contributed by atoms with E-state index in [-0.39, 0.29) is 0 Å². The molecule has 0 N–H and O–H groups in total. The molecular formula is C23H28. The molecule has 0 aliphatic heterocycles. The molecule has 0 nitrogen and oxygen atoms in total. The molecule has 0 aromatic rings. The number of rotatable bonds is 0. The minimum Gasteiger partial charge on any atom is -0.0618 e. The van der Waals surface area contributed by atoms with E-state index in [4.69, 9.17) is 0 Å². The van der Waals surface area contributed by atoms with Crippen molar-refractivity contribution in [3.8, 4) is 0 Å². The number of allylic oxidation sites excluding steroid dienone is 2. The standard InChI is InChI=1S/C23H28/c1(2-22-18-6-14-4-15(8-18)9-19(22)7-14)3-23-20-10-16-5-17(12-20)13-21(23)11-16/h14-21H,4-13H2. The molecule has 0 saturated heterocycles. The molecule has 120 valence electrons. The molecule has 0 amide bonds. The van der Waals surface area contributed by atoms with Gasteiger partial charge in [0.15, 0.2) is 0 Å². The van der Waals surface area contributed by atoms with Gasteiger partial charge >= 0.3 is 0 Å². The fourth-order valence-electron chi connectivity index (χ4n) is 7.97. The van der Waals surface area contributed by atoms with Crippen molar-refractivity contribution >= 4 is 0 Å². The van der Waals surface area contributed by atoms with Crippen LogP contribution in [0.5, 0.6) is 0 Å². The van der Waals surface area contributed by atoms with Gasteiger partial charge in [-0.25, -0.2) is 0 Å². The van der Waals surface area contributed by atoms with Gasteiger partial charge in [0, 0.05) is 0 Å². The average molecular weight is 304 g/mol. The fourth-order valence-corrected chi connectivity index (χ4v) is 7.97. The Morgan fingerprint density at radius 2 is 0.739 bits per heavy atom. The Kier molecular flexibility index (Phi) is 2.79. The van der Waals surface area contributed by atoms with Crippen molar-refractivity contribution in [3.05, 3.63) is 28.3 Å². The van der Waals surface area contributed by atoms with Gasteiger partial charge in [-0.1, -0.05) is 11.5 Å². The van der Waals surface area contributed by atoms with Crippen LogP contribution in [0, 0.1) is 47.3 Å². The molecule has 8 bridgehead atoms. The van der Waals surface area contributed by atoms with Crippen LogP contribution in [0.1, 0.15) is 64.2 Å². The average Bonchev–Trinajstić information content (AvgIpc) is 2.51. The second-order valence-electron chi connectivity index (χ2n) is 9.89. The number of hydrogen-bond acceptors (Lipinski definition) is 0. The largest absolute Gasteiger partial charge is 0.0618 e. The zero-order chi connectivity index (χ0) is 15.0. The molecule has 8 saturated carbocycles. The van der Waals surface area contributed by atoms with Crippen molar-refractivity contribution in [2.24, 2.45) is 47.3 Å². The molecule has 0 spiro atoms. The lowest BCUT2D eigenvalue weighted by Gasteiger charge is -2.50. The van der Waals surface area contributed by atoms with E-state index in [0.717, 1.165) is 47.3 Å². The molecule has 0 atom stereocenters. The van der Waals surface area contributed by atoms with E-state index in [1.807, 2.05) is 0 Å². The first-order chi connectivity index (χ1) is 11.3. The molecule has 0 aromatic heterocycles. The van der Waals surface area contributed by atoms with Crippen LogP contribution in [-0.4, -0.2) is 0 Å². The third-order valence-corrected chi connectivity index (χ3v) is 8.45. The maximum atomic E-state index is 3.66. The SMILES string of the molecule is C(=C=C1C2CC3CC(C2)CC1C3)=C=C1C2CC3CC(C2)CC1C3. The van der Waals surface area contributed by atoms with Gasteiger partial charge in [-0.15, -0.1) is 0 Å². The lowest BCUT2D eigenvalue weighted by molar-refractivity contribution is 0.0698. The summed E-state index contributed by atoms with van der Waals surface area (Å²) in [5.41, 5.74) is 14.1. The Bertz CT molecular complexity index is 557. The molecule has 0 heteroatoms. The Balaban J connectivity index is 1.38. The molecule has 8 aliphatic carbocycles. The van der Waals surface area contributed by atoms with Gasteiger partial charge in [0.05, 0.1) is 0 Å². The first kappa shape index (κ1) is 13.4. The first-order valence-corrected chi connectivity index (χ1v) is 10.3. The summed E-state index contributed by atoms with van der Waals surface area (Å²) in [6.45, 7) is 0. The molecule has 8 rings (SSSR count). The highest BCUT2D eigenvalue weighted by Gasteiger charge is 2.46. The minimum atomic E-state index is 0.865. The molecule has 8 fully saturated rings. The second-order valence-corrected chi connectivity index (χ2v) is 9.89. The van der Waals surface area contributed by atoms with Crippen LogP contribution in [-0.2, 0) is 0 Å². The van der Waals surface area contributed by atoms with Crippen LogP contribution in [0.4, 0.5) is 0 Å². The molecule has 0 radical (unpaired) electrons. The number of hydrogen-bond donors (Lipinski definition) is 0. The molecule has 0 aromatic carbocycles. The summed E-state index contributed by atoms with van der Waals surface area (Å²) in [5, 5.41) is 0. The van der Waals surface area contributed by atoms with Crippen LogP contribution >= 0.6 is 0 Å². The Morgan fingerprint density at radius 1 is 0.435 bits per heavy atom. The highest BCUT2D eigenvalue weighted by atomic mass is 14.5. The van der Waals surface area contributed by atoms with E-state index in [0.29, 0.717) is 0 Å². The zero-order valence-electron chi connectivity index (χ0n) is 14.2. The third-order valence-electron chi connectivity index (χ3n) is 8.45. The monoisotopic (exact) mass is 304 g/mol. The van der Waals surface area contributed by atoms with Crippen molar-refractivity contribution in [1.29, 1.82) is 0 Å². The summed E-state index contributed by atoms with van der Waals surface area (Å²) in [6, 6.07) is 0. The Morgan fingerprint density at radius 3 is 1.04 bits per heavy atom. The van der Waals surface area contributed by atoms with Gasteiger partial charge in [0.2, 0.25) is 0 Å². The van der Waals surface area contributed by atoms with Crippen LogP contribution in [0.3, 0.4) is 0 Å². The maximum absolute atomic E-state index is 3.66. The summed E-state index contributed by atoms with van der Waals surface area (Å²) in [4.78, 5) is 0. The maximum Gasteiger partial charge on any atom is -0.0112 e. The third kappa shape index (κ3) is 2.06.